The van der Waals surface area contributed by atoms with Gasteiger partial charge in [-0.3, -0.25) is 14.5 Å². The summed E-state index contributed by atoms with van der Waals surface area (Å²) in [5, 5.41) is 0. The van der Waals surface area contributed by atoms with Gasteiger partial charge < -0.3 is 19.3 Å². The van der Waals surface area contributed by atoms with Crippen molar-refractivity contribution in [1.29, 1.82) is 0 Å². The number of piperidine rings is 1. The van der Waals surface area contributed by atoms with E-state index in [1.165, 1.54) is 0 Å². The zero-order valence-corrected chi connectivity index (χ0v) is 18.8. The lowest BCUT2D eigenvalue weighted by Gasteiger charge is -2.33. The Labute approximate surface area is 174 Å². The molecule has 0 aliphatic carbocycles. The van der Waals surface area contributed by atoms with E-state index in [2.05, 4.69) is 4.90 Å². The number of hydrogen-bond acceptors (Lipinski definition) is 6. The van der Waals surface area contributed by atoms with Crippen LogP contribution in [0.4, 0.5) is 4.79 Å². The molecule has 0 saturated carbocycles. The number of carbonyl (C=O) groups is 3. The minimum atomic E-state index is -0.518. The largest absolute Gasteiger partial charge is 0.464 e. The van der Waals surface area contributed by atoms with Crippen LogP contribution in [0, 0.1) is 5.92 Å². The van der Waals surface area contributed by atoms with Gasteiger partial charge in [0.2, 0.25) is 0 Å². The van der Waals surface area contributed by atoms with Crippen LogP contribution in [0.25, 0.3) is 0 Å². The topological polar surface area (TPSA) is 79.4 Å². The summed E-state index contributed by atoms with van der Waals surface area (Å²) < 4.78 is 11.1. The van der Waals surface area contributed by atoms with Gasteiger partial charge in [-0.15, -0.1) is 0 Å². The second-order valence-corrected chi connectivity index (χ2v) is 9.31. The summed E-state index contributed by atoms with van der Waals surface area (Å²) in [5.74, 6) is -0.605. The molecule has 0 aromatic heterocycles. The average Bonchev–Trinajstić information content (AvgIpc) is 3.12. The van der Waals surface area contributed by atoms with Crippen molar-refractivity contribution in [2.75, 3.05) is 40.3 Å². The molecular formula is C21H37N3O5. The predicted octanol–water partition coefficient (Wildman–Crippen LogP) is 2.12. The summed E-state index contributed by atoms with van der Waals surface area (Å²) in [6.07, 6.45) is 3.12. The highest BCUT2D eigenvalue weighted by Gasteiger charge is 2.36. The van der Waals surface area contributed by atoms with E-state index in [0.717, 1.165) is 19.4 Å². The number of esters is 2. The van der Waals surface area contributed by atoms with E-state index < -0.39 is 5.60 Å². The molecule has 0 spiro atoms. The van der Waals surface area contributed by atoms with Gasteiger partial charge in [-0.2, -0.15) is 0 Å². The van der Waals surface area contributed by atoms with E-state index in [-0.39, 0.29) is 36.0 Å². The molecule has 166 valence electrons. The first-order valence-electron chi connectivity index (χ1n) is 10.6. The maximum Gasteiger partial charge on any atom is 0.323 e. The molecule has 29 heavy (non-hydrogen) atoms. The zero-order valence-electron chi connectivity index (χ0n) is 18.8. The van der Waals surface area contributed by atoms with Gasteiger partial charge in [0.25, 0.3) is 0 Å². The fourth-order valence-electron chi connectivity index (χ4n) is 3.95. The van der Waals surface area contributed by atoms with Crippen LogP contribution in [0.3, 0.4) is 0 Å². The quantitative estimate of drug-likeness (QED) is 0.645. The Balaban J connectivity index is 1.80. The van der Waals surface area contributed by atoms with Crippen molar-refractivity contribution in [3.05, 3.63) is 0 Å². The first kappa shape index (κ1) is 23.4. The van der Waals surface area contributed by atoms with Gasteiger partial charge in [0.1, 0.15) is 18.2 Å². The number of nitrogens with zero attached hydrogens (tertiary/aromatic N) is 3. The molecule has 2 fully saturated rings. The molecule has 0 unspecified atom stereocenters. The lowest BCUT2D eigenvalue weighted by molar-refractivity contribution is -0.162. The van der Waals surface area contributed by atoms with Crippen LogP contribution < -0.4 is 0 Å². The van der Waals surface area contributed by atoms with Gasteiger partial charge >= 0.3 is 18.0 Å². The van der Waals surface area contributed by atoms with Crippen LogP contribution in [-0.4, -0.2) is 90.7 Å². The highest BCUT2D eigenvalue weighted by Crippen LogP contribution is 2.24. The van der Waals surface area contributed by atoms with E-state index in [9.17, 15) is 14.4 Å². The van der Waals surface area contributed by atoms with E-state index in [1.54, 1.807) is 23.9 Å². The Morgan fingerprint density at radius 1 is 1.07 bits per heavy atom. The van der Waals surface area contributed by atoms with Gasteiger partial charge in [0.15, 0.2) is 0 Å². The van der Waals surface area contributed by atoms with Gasteiger partial charge in [-0.25, -0.2) is 4.79 Å². The van der Waals surface area contributed by atoms with E-state index in [0.29, 0.717) is 32.5 Å². The van der Waals surface area contributed by atoms with Crippen LogP contribution in [0.1, 0.15) is 53.4 Å². The summed E-state index contributed by atoms with van der Waals surface area (Å²) in [7, 11) is 3.46. The first-order chi connectivity index (χ1) is 13.5. The van der Waals surface area contributed by atoms with E-state index in [4.69, 9.17) is 9.47 Å². The van der Waals surface area contributed by atoms with Crippen molar-refractivity contribution < 1.29 is 23.9 Å². The SMILES string of the molecule is C[C@@H](C(=O)OC(C)(C)C)N1CCC[C@H]1COC(=O)C1CCN(C(=O)N(C)C)CC1. The summed E-state index contributed by atoms with van der Waals surface area (Å²) in [5.41, 5.74) is -0.518. The molecule has 0 aromatic rings. The average molecular weight is 412 g/mol. The van der Waals surface area contributed by atoms with Crippen LogP contribution in [-0.2, 0) is 19.1 Å². The number of ether oxygens (including phenoxy) is 2. The number of carbonyl (C=O) groups excluding carboxylic acids is 3. The van der Waals surface area contributed by atoms with Crippen molar-refractivity contribution >= 4 is 18.0 Å². The second kappa shape index (κ2) is 9.78. The Morgan fingerprint density at radius 2 is 1.69 bits per heavy atom. The van der Waals surface area contributed by atoms with Gasteiger partial charge in [-0.05, 0) is 59.9 Å². The lowest BCUT2D eigenvalue weighted by Crippen LogP contribution is -2.47. The number of likely N-dealkylation sites (tertiary alicyclic amines) is 2. The standard InChI is InChI=1S/C21H37N3O5/c1-15(18(25)29-21(2,3)4)24-11-7-8-17(24)14-28-19(26)16-9-12-23(13-10-16)20(27)22(5)6/h15-17H,7-14H2,1-6H3/t15-,17-/m0/s1. The first-order valence-corrected chi connectivity index (χ1v) is 10.6. The van der Waals surface area contributed by atoms with Crippen molar-refractivity contribution in [3.63, 3.8) is 0 Å². The Bertz CT molecular complexity index is 594. The zero-order chi connectivity index (χ0) is 21.8. The third-order valence-electron chi connectivity index (χ3n) is 5.57. The summed E-state index contributed by atoms with van der Waals surface area (Å²) >= 11 is 0. The monoisotopic (exact) mass is 411 g/mol. The molecular weight excluding hydrogens is 374 g/mol. The minimum absolute atomic E-state index is 0.0189. The number of rotatable bonds is 5. The molecule has 2 atom stereocenters. The van der Waals surface area contributed by atoms with Gasteiger partial charge in [-0.1, -0.05) is 0 Å². The minimum Gasteiger partial charge on any atom is -0.464 e. The maximum absolute atomic E-state index is 12.5. The molecule has 0 radical (unpaired) electrons. The predicted molar refractivity (Wildman–Crippen MR) is 109 cm³/mol. The van der Waals surface area contributed by atoms with E-state index in [1.807, 2.05) is 27.7 Å². The third kappa shape index (κ3) is 6.59. The number of hydrogen-bond donors (Lipinski definition) is 0. The highest BCUT2D eigenvalue weighted by molar-refractivity contribution is 5.76. The molecule has 2 heterocycles. The Morgan fingerprint density at radius 3 is 2.24 bits per heavy atom. The fraction of sp³-hybridized carbons (Fsp3) is 0.857. The van der Waals surface area contributed by atoms with Crippen molar-refractivity contribution in [1.82, 2.24) is 14.7 Å². The smallest absolute Gasteiger partial charge is 0.323 e. The van der Waals surface area contributed by atoms with Crippen LogP contribution in [0.5, 0.6) is 0 Å². The van der Waals surface area contributed by atoms with Crippen LogP contribution >= 0.6 is 0 Å². The third-order valence-corrected chi connectivity index (χ3v) is 5.57. The number of urea groups is 1. The molecule has 2 amide bonds. The lowest BCUT2D eigenvalue weighted by atomic mass is 9.97. The van der Waals surface area contributed by atoms with Crippen LogP contribution in [0.15, 0.2) is 0 Å². The van der Waals surface area contributed by atoms with E-state index >= 15 is 0 Å². The molecule has 2 rings (SSSR count). The molecule has 0 aromatic carbocycles. The van der Waals surface area contributed by atoms with Crippen molar-refractivity contribution in [3.8, 4) is 0 Å². The number of amides is 2. The molecule has 2 aliphatic heterocycles. The molecule has 0 N–H and O–H groups in total. The van der Waals surface area contributed by atoms with Crippen LogP contribution in [0.2, 0.25) is 0 Å². The highest BCUT2D eigenvalue weighted by atomic mass is 16.6. The maximum atomic E-state index is 12.5. The molecule has 8 heteroatoms. The Hall–Kier alpha value is -1.83. The van der Waals surface area contributed by atoms with Gasteiger partial charge in [0, 0.05) is 33.2 Å². The van der Waals surface area contributed by atoms with Gasteiger partial charge in [0.05, 0.1) is 5.92 Å². The Kier molecular flexibility index (Phi) is 7.91. The summed E-state index contributed by atoms with van der Waals surface area (Å²) in [4.78, 5) is 42.3. The molecule has 2 saturated heterocycles. The van der Waals surface area contributed by atoms with Crippen molar-refractivity contribution in [2.45, 2.75) is 71.1 Å². The normalized spacial score (nSPS) is 22.3. The summed E-state index contributed by atoms with van der Waals surface area (Å²) in [6, 6.07) is -0.341. The fourth-order valence-corrected chi connectivity index (χ4v) is 3.95. The summed E-state index contributed by atoms with van der Waals surface area (Å²) in [6.45, 7) is 9.67. The van der Waals surface area contributed by atoms with Crippen molar-refractivity contribution in [2.24, 2.45) is 5.92 Å². The molecule has 0 bridgehead atoms. The second-order valence-electron chi connectivity index (χ2n) is 9.31. The molecule has 8 nitrogen and oxygen atoms in total. The molecule has 2 aliphatic rings.